The minimum atomic E-state index is -1.03. The molecule has 11 nitrogen and oxygen atoms in total. The highest BCUT2D eigenvalue weighted by molar-refractivity contribution is 6.38. The van der Waals surface area contributed by atoms with Crippen molar-refractivity contribution in [3.05, 3.63) is 57.3 Å². The molecule has 0 aromatic heterocycles. The van der Waals surface area contributed by atoms with Crippen molar-refractivity contribution < 1.29 is 38.1 Å². The van der Waals surface area contributed by atoms with Crippen molar-refractivity contribution in [3.8, 4) is 0 Å². The number of nitro groups is 1. The minimum Gasteiger partial charge on any atom is -0.443 e. The van der Waals surface area contributed by atoms with Crippen molar-refractivity contribution in [2.45, 2.75) is 97.1 Å². The molecule has 2 aliphatic rings. The first-order chi connectivity index (χ1) is 20.2. The molecule has 44 heavy (non-hydrogen) atoms. The van der Waals surface area contributed by atoms with E-state index in [2.05, 4.69) is 0 Å². The molecule has 1 radical (unpaired) electrons. The highest BCUT2D eigenvalue weighted by atomic mass is 19.1. The summed E-state index contributed by atoms with van der Waals surface area (Å²) in [5, 5.41) is 21.2. The second-order valence-electron chi connectivity index (χ2n) is 13.6. The van der Waals surface area contributed by atoms with Crippen LogP contribution in [0.3, 0.4) is 0 Å². The molecule has 0 aliphatic carbocycles. The zero-order valence-corrected chi connectivity index (χ0v) is 26.9. The van der Waals surface area contributed by atoms with Gasteiger partial charge in [0.25, 0.3) is 5.69 Å². The van der Waals surface area contributed by atoms with Crippen LogP contribution >= 0.6 is 0 Å². The van der Waals surface area contributed by atoms with Gasteiger partial charge in [-0.15, -0.1) is 0 Å². The van der Waals surface area contributed by atoms with Crippen molar-refractivity contribution in [1.82, 2.24) is 9.80 Å². The summed E-state index contributed by atoms with van der Waals surface area (Å²) >= 11 is 0. The fourth-order valence-electron chi connectivity index (χ4n) is 4.98. The summed E-state index contributed by atoms with van der Waals surface area (Å²) in [6, 6.07) is 3.53. The van der Waals surface area contributed by atoms with Crippen molar-refractivity contribution in [2.24, 2.45) is 0 Å². The van der Waals surface area contributed by atoms with E-state index in [0.29, 0.717) is 31.5 Å². The maximum atomic E-state index is 14.5. The monoisotopic (exact) mass is 616 g/mol. The first-order valence-corrected chi connectivity index (χ1v) is 14.7. The molecular formula is C31H44BFN3O8. The van der Waals surface area contributed by atoms with Crippen LogP contribution in [0.5, 0.6) is 0 Å². The van der Waals surface area contributed by atoms with Gasteiger partial charge in [-0.25, -0.2) is 14.0 Å². The van der Waals surface area contributed by atoms with Crippen LogP contribution in [0.25, 0.3) is 5.57 Å². The fraction of sp³-hybridized carbons (Fsp3) is 0.613. The predicted octanol–water partition coefficient (Wildman–Crippen LogP) is 5.82. The van der Waals surface area contributed by atoms with E-state index in [4.69, 9.17) is 14.1 Å². The molecule has 0 fully saturated rings. The molecule has 241 valence electrons. The van der Waals surface area contributed by atoms with E-state index in [1.165, 1.54) is 17.0 Å². The van der Waals surface area contributed by atoms with Gasteiger partial charge in [-0.05, 0) is 79.9 Å². The Balaban J connectivity index is 1.50. The number of non-ortho nitro benzene ring substituents is 1. The Bertz CT molecular complexity index is 1320. The van der Waals surface area contributed by atoms with Gasteiger partial charge in [-0.3, -0.25) is 10.1 Å². The first-order valence-electron chi connectivity index (χ1n) is 14.7. The van der Waals surface area contributed by atoms with E-state index in [1.807, 2.05) is 19.9 Å². The Morgan fingerprint density at radius 3 is 1.93 bits per heavy atom. The topological polar surface area (TPSA) is 132 Å². The number of carbonyl (C=O) groups is 2. The van der Waals surface area contributed by atoms with Gasteiger partial charge in [-0.2, -0.15) is 0 Å². The summed E-state index contributed by atoms with van der Waals surface area (Å²) in [6.07, 6.45) is 3.75. The fourth-order valence-corrected chi connectivity index (χ4v) is 4.98. The minimum absolute atomic E-state index is 0.196. The summed E-state index contributed by atoms with van der Waals surface area (Å²) in [5.74, 6) is -0.682. The molecule has 2 amide bonds. The molecule has 1 N–H and O–H groups in total. The SMILES string of the molecule is CC(C)(CC(C)(C)OC(=O)N1CC=C(c2ccc([N+](=O)[O-])cc2F)CC1)OC(=O)N1CC=C([B]OC(C)(C)C(C)(C)O)CC1. The standard InChI is InChI=1S/C31H44BFN3O8/c1-28(2,42-26(37)34-15-11-21(12-16-34)24-10-9-23(36(40)41)19-25(24)33)20-29(3,4)43-27(38)35-17-13-22(14-18-35)32-44-31(7,8)30(5,6)39/h9-11,13,19,39H,12,14-18,20H2,1-8H3. The number of nitrogens with zero attached hydrogens (tertiary/aromatic N) is 3. The lowest BCUT2D eigenvalue weighted by Crippen LogP contribution is -2.48. The molecule has 0 spiro atoms. The van der Waals surface area contributed by atoms with E-state index in [9.17, 15) is 29.2 Å². The molecule has 0 saturated heterocycles. The Morgan fingerprint density at radius 1 is 0.955 bits per heavy atom. The van der Waals surface area contributed by atoms with Gasteiger partial charge in [0.15, 0.2) is 0 Å². The lowest BCUT2D eigenvalue weighted by molar-refractivity contribution is -0.385. The lowest BCUT2D eigenvalue weighted by Gasteiger charge is -2.38. The van der Waals surface area contributed by atoms with Crippen LogP contribution in [0.1, 0.15) is 80.2 Å². The van der Waals surface area contributed by atoms with Gasteiger partial charge in [-0.1, -0.05) is 17.6 Å². The number of halogens is 1. The van der Waals surface area contributed by atoms with Crippen molar-refractivity contribution in [1.29, 1.82) is 0 Å². The summed E-state index contributed by atoms with van der Waals surface area (Å²) < 4.78 is 31.9. The second-order valence-corrected chi connectivity index (χ2v) is 13.6. The molecule has 2 heterocycles. The number of aliphatic hydroxyl groups is 1. The van der Waals surface area contributed by atoms with E-state index >= 15 is 0 Å². The molecule has 13 heteroatoms. The van der Waals surface area contributed by atoms with Crippen LogP contribution in [0.2, 0.25) is 0 Å². The molecule has 2 aliphatic heterocycles. The zero-order chi connectivity index (χ0) is 33.1. The smallest absolute Gasteiger partial charge is 0.410 e. The third-order valence-corrected chi connectivity index (χ3v) is 8.04. The number of carbonyl (C=O) groups excluding carboxylic acids is 2. The van der Waals surface area contributed by atoms with Gasteiger partial charge in [0, 0.05) is 44.2 Å². The number of rotatable bonds is 10. The van der Waals surface area contributed by atoms with Gasteiger partial charge in [0.2, 0.25) is 0 Å². The Hall–Kier alpha value is -3.45. The molecule has 1 aromatic carbocycles. The van der Waals surface area contributed by atoms with Crippen molar-refractivity contribution in [3.63, 3.8) is 0 Å². The van der Waals surface area contributed by atoms with Crippen molar-refractivity contribution >= 4 is 30.9 Å². The number of hydrogen-bond donors (Lipinski definition) is 1. The molecule has 0 saturated carbocycles. The van der Waals surface area contributed by atoms with Crippen LogP contribution in [-0.4, -0.2) is 88.1 Å². The normalized spacial score (nSPS) is 16.6. The highest BCUT2D eigenvalue weighted by Crippen LogP contribution is 2.31. The summed E-state index contributed by atoms with van der Waals surface area (Å²) in [7, 11) is 1.63. The second kappa shape index (κ2) is 13.3. The van der Waals surface area contributed by atoms with E-state index in [-0.39, 0.29) is 30.8 Å². The quantitative estimate of drug-likeness (QED) is 0.198. The third kappa shape index (κ3) is 9.28. The maximum absolute atomic E-state index is 14.5. The van der Waals surface area contributed by atoms with Crippen molar-refractivity contribution in [2.75, 3.05) is 26.2 Å². The molecule has 0 unspecified atom stereocenters. The van der Waals surface area contributed by atoms with Gasteiger partial charge >= 0.3 is 19.7 Å². The summed E-state index contributed by atoms with van der Waals surface area (Å²) in [6.45, 7) is 15.3. The van der Waals surface area contributed by atoms with Crippen LogP contribution in [0.15, 0.2) is 35.8 Å². The van der Waals surface area contributed by atoms with Gasteiger partial charge in [0.1, 0.15) is 17.0 Å². The number of nitro benzene ring substituents is 1. The van der Waals surface area contributed by atoms with E-state index in [0.717, 1.165) is 11.5 Å². The molecule has 0 atom stereocenters. The van der Waals surface area contributed by atoms with Crippen LogP contribution in [-0.2, 0) is 14.1 Å². The van der Waals surface area contributed by atoms with E-state index < -0.39 is 45.3 Å². The average molecular weight is 617 g/mol. The van der Waals surface area contributed by atoms with E-state index in [1.54, 1.807) is 60.0 Å². The summed E-state index contributed by atoms with van der Waals surface area (Å²) in [5.41, 5.74) is -2.19. The third-order valence-electron chi connectivity index (χ3n) is 8.04. The Morgan fingerprint density at radius 2 is 1.50 bits per heavy atom. The van der Waals surface area contributed by atoms with Gasteiger partial charge in [0.05, 0.1) is 22.2 Å². The molecule has 1 aromatic rings. The van der Waals surface area contributed by atoms with Gasteiger partial charge < -0.3 is 29.0 Å². The molecule has 0 bridgehead atoms. The Labute approximate surface area is 259 Å². The first kappa shape index (κ1) is 35.0. The van der Waals surface area contributed by atoms with Crippen LogP contribution in [0, 0.1) is 15.9 Å². The molecular weight excluding hydrogens is 572 g/mol. The number of hydrogen-bond acceptors (Lipinski definition) is 8. The lowest BCUT2D eigenvalue weighted by atomic mass is 9.79. The zero-order valence-electron chi connectivity index (χ0n) is 26.9. The number of ether oxygens (including phenoxy) is 2. The van der Waals surface area contributed by atoms with Crippen LogP contribution in [0.4, 0.5) is 19.7 Å². The maximum Gasteiger partial charge on any atom is 0.410 e. The highest BCUT2D eigenvalue weighted by Gasteiger charge is 2.38. The number of benzene rings is 1. The summed E-state index contributed by atoms with van der Waals surface area (Å²) in [4.78, 5) is 39.3. The number of amides is 2. The largest absolute Gasteiger partial charge is 0.443 e. The van der Waals surface area contributed by atoms with Crippen LogP contribution < -0.4 is 0 Å². The predicted molar refractivity (Wildman–Crippen MR) is 164 cm³/mol. The Kier molecular flexibility index (Phi) is 10.6. The molecule has 3 rings (SSSR count). The average Bonchev–Trinajstić information content (AvgIpc) is 2.90.